The van der Waals surface area contributed by atoms with Crippen LogP contribution in [0.5, 0.6) is 0 Å². The van der Waals surface area contributed by atoms with Gasteiger partial charge >= 0.3 is 0 Å². The molecule has 4 nitrogen and oxygen atoms in total. The second-order valence-electron chi connectivity index (χ2n) is 6.64. The highest BCUT2D eigenvalue weighted by atomic mass is 16.2. The van der Waals surface area contributed by atoms with Crippen molar-refractivity contribution in [3.63, 3.8) is 0 Å². The van der Waals surface area contributed by atoms with Crippen LogP contribution in [0.1, 0.15) is 37.8 Å². The predicted octanol–water partition coefficient (Wildman–Crippen LogP) is 4.12. The minimum absolute atomic E-state index is 0.146. The summed E-state index contributed by atoms with van der Waals surface area (Å²) in [6.07, 6.45) is 4.01. The summed E-state index contributed by atoms with van der Waals surface area (Å²) in [7, 11) is 0. The molecular weight excluding hydrogens is 298 g/mol. The third kappa shape index (κ3) is 4.82. The Morgan fingerprint density at radius 1 is 1.33 bits per heavy atom. The first kappa shape index (κ1) is 18.0. The van der Waals surface area contributed by atoms with Gasteiger partial charge in [0.2, 0.25) is 0 Å². The summed E-state index contributed by atoms with van der Waals surface area (Å²) in [5.41, 5.74) is 9.20. The fourth-order valence-electron chi connectivity index (χ4n) is 2.78. The molecule has 0 heterocycles. The molecule has 0 fully saturated rings. The molecule has 1 aliphatic carbocycles. The minimum Gasteiger partial charge on any atom is -0.376 e. The number of carbonyl (C=O) groups excluding carboxylic acids is 1. The average molecular weight is 325 g/mol. The number of anilines is 1. The lowest BCUT2D eigenvalue weighted by Gasteiger charge is -2.22. The Balaban J connectivity index is 1.91. The van der Waals surface area contributed by atoms with E-state index in [9.17, 15) is 4.79 Å². The highest BCUT2D eigenvalue weighted by Gasteiger charge is 2.18. The summed E-state index contributed by atoms with van der Waals surface area (Å²) >= 11 is 0. The summed E-state index contributed by atoms with van der Waals surface area (Å²) < 4.78 is 0. The van der Waals surface area contributed by atoms with Gasteiger partial charge in [-0.25, -0.2) is 5.43 Å². The number of hydrogen-bond acceptors (Lipinski definition) is 3. The van der Waals surface area contributed by atoms with Crippen molar-refractivity contribution in [1.82, 2.24) is 5.43 Å². The van der Waals surface area contributed by atoms with E-state index < -0.39 is 0 Å². The van der Waals surface area contributed by atoms with Gasteiger partial charge in [0, 0.05) is 5.69 Å². The van der Waals surface area contributed by atoms with Crippen LogP contribution in [0.25, 0.3) is 0 Å². The number of hydrazone groups is 1. The van der Waals surface area contributed by atoms with Crippen molar-refractivity contribution in [2.75, 3.05) is 11.9 Å². The average Bonchev–Trinajstić information content (AvgIpc) is 2.53. The van der Waals surface area contributed by atoms with Crippen molar-refractivity contribution in [2.24, 2.45) is 11.0 Å². The SMILES string of the molecule is C=C(C)[C@@H]1CC=C(C)C(=NNC(=O)CNc2ccc(C)cc2C)C1. The number of benzene rings is 1. The molecule has 0 bridgehead atoms. The van der Waals surface area contributed by atoms with Crippen molar-refractivity contribution in [1.29, 1.82) is 0 Å². The van der Waals surface area contributed by atoms with E-state index in [1.54, 1.807) is 0 Å². The zero-order valence-electron chi connectivity index (χ0n) is 15.1. The minimum atomic E-state index is -0.146. The maximum Gasteiger partial charge on any atom is 0.259 e. The number of amides is 1. The van der Waals surface area contributed by atoms with Gasteiger partial charge in [0.1, 0.15) is 0 Å². The van der Waals surface area contributed by atoms with Crippen LogP contribution in [-0.4, -0.2) is 18.2 Å². The summed E-state index contributed by atoms with van der Waals surface area (Å²) in [5, 5.41) is 7.47. The number of aryl methyl sites for hydroxylation is 2. The monoisotopic (exact) mass is 325 g/mol. The standard InChI is InChI=1S/C20H27N3O/c1-13(2)17-8-7-15(4)19(11-17)22-23-20(24)12-21-18-9-6-14(3)10-16(18)5/h6-7,9-10,17,21H,1,8,11-12H2,2-5H3,(H,23,24)/t17-/m1/s1. The summed E-state index contributed by atoms with van der Waals surface area (Å²) in [6.45, 7) is 12.4. The quantitative estimate of drug-likeness (QED) is 0.632. The zero-order chi connectivity index (χ0) is 17.7. The van der Waals surface area contributed by atoms with E-state index in [0.717, 1.165) is 41.0 Å². The molecule has 1 aromatic rings. The van der Waals surface area contributed by atoms with Crippen LogP contribution in [-0.2, 0) is 4.79 Å². The molecule has 0 saturated carbocycles. The van der Waals surface area contributed by atoms with Gasteiger partial charge in [0.15, 0.2) is 0 Å². The molecule has 0 aromatic heterocycles. The Bertz CT molecular complexity index is 701. The van der Waals surface area contributed by atoms with Crippen LogP contribution in [0.4, 0.5) is 5.69 Å². The molecule has 4 heteroatoms. The van der Waals surface area contributed by atoms with E-state index >= 15 is 0 Å². The Labute approximate surface area is 144 Å². The Morgan fingerprint density at radius 3 is 2.75 bits per heavy atom. The van der Waals surface area contributed by atoms with Crippen molar-refractivity contribution < 1.29 is 4.79 Å². The van der Waals surface area contributed by atoms with Crippen molar-refractivity contribution in [3.8, 4) is 0 Å². The molecule has 1 amide bonds. The van der Waals surface area contributed by atoms with Gasteiger partial charge in [-0.2, -0.15) is 5.10 Å². The first-order chi connectivity index (χ1) is 11.4. The van der Waals surface area contributed by atoms with Crippen LogP contribution >= 0.6 is 0 Å². The van der Waals surface area contributed by atoms with Crippen molar-refractivity contribution in [2.45, 2.75) is 40.5 Å². The van der Waals surface area contributed by atoms with Gasteiger partial charge in [0.25, 0.3) is 5.91 Å². The number of nitrogens with zero attached hydrogens (tertiary/aromatic N) is 1. The molecule has 0 unspecified atom stereocenters. The normalized spacial score (nSPS) is 18.9. The van der Waals surface area contributed by atoms with Crippen LogP contribution in [0.2, 0.25) is 0 Å². The topological polar surface area (TPSA) is 53.5 Å². The van der Waals surface area contributed by atoms with E-state index in [2.05, 4.69) is 41.5 Å². The molecule has 1 aliphatic rings. The molecular formula is C20H27N3O. The van der Waals surface area contributed by atoms with Crippen molar-refractivity contribution in [3.05, 3.63) is 53.1 Å². The fraction of sp³-hybridized carbons (Fsp3) is 0.400. The van der Waals surface area contributed by atoms with E-state index in [1.165, 1.54) is 5.56 Å². The van der Waals surface area contributed by atoms with Gasteiger partial charge in [-0.05, 0) is 63.7 Å². The molecule has 2 N–H and O–H groups in total. The van der Waals surface area contributed by atoms with E-state index in [0.29, 0.717) is 5.92 Å². The predicted molar refractivity (Wildman–Crippen MR) is 101 cm³/mol. The summed E-state index contributed by atoms with van der Waals surface area (Å²) in [6, 6.07) is 6.12. The maximum atomic E-state index is 12.0. The van der Waals surface area contributed by atoms with Crippen LogP contribution < -0.4 is 10.7 Å². The smallest absolute Gasteiger partial charge is 0.259 e. The van der Waals surface area contributed by atoms with Gasteiger partial charge in [-0.1, -0.05) is 35.9 Å². The molecule has 0 radical (unpaired) electrons. The van der Waals surface area contributed by atoms with E-state index in [4.69, 9.17) is 0 Å². The lowest BCUT2D eigenvalue weighted by Crippen LogP contribution is -2.28. The Hall–Kier alpha value is -2.36. The number of carbonyl (C=O) groups is 1. The van der Waals surface area contributed by atoms with Crippen molar-refractivity contribution >= 4 is 17.3 Å². The summed E-state index contributed by atoms with van der Waals surface area (Å²) in [4.78, 5) is 12.0. The zero-order valence-corrected chi connectivity index (χ0v) is 15.1. The van der Waals surface area contributed by atoms with E-state index in [-0.39, 0.29) is 12.5 Å². The highest BCUT2D eigenvalue weighted by molar-refractivity contribution is 6.01. The number of rotatable bonds is 5. The largest absolute Gasteiger partial charge is 0.376 e. The van der Waals surface area contributed by atoms with Gasteiger partial charge in [-0.3, -0.25) is 4.79 Å². The van der Waals surface area contributed by atoms with Gasteiger partial charge < -0.3 is 5.32 Å². The molecule has 2 rings (SSSR count). The van der Waals surface area contributed by atoms with Crippen LogP contribution in [0.3, 0.4) is 0 Å². The third-order valence-corrected chi connectivity index (χ3v) is 4.44. The molecule has 128 valence electrons. The molecule has 1 aromatic carbocycles. The second kappa shape index (κ2) is 7.95. The number of allylic oxidation sites excluding steroid dienone is 3. The number of nitrogens with one attached hydrogen (secondary N) is 2. The van der Waals surface area contributed by atoms with Gasteiger partial charge in [-0.15, -0.1) is 0 Å². The third-order valence-electron chi connectivity index (χ3n) is 4.44. The second-order valence-corrected chi connectivity index (χ2v) is 6.64. The Kier molecular flexibility index (Phi) is 5.96. The molecule has 1 atom stereocenters. The van der Waals surface area contributed by atoms with Crippen LogP contribution in [0, 0.1) is 19.8 Å². The fourth-order valence-corrected chi connectivity index (χ4v) is 2.78. The lowest BCUT2D eigenvalue weighted by molar-refractivity contribution is -0.119. The first-order valence-corrected chi connectivity index (χ1v) is 8.36. The highest BCUT2D eigenvalue weighted by Crippen LogP contribution is 2.26. The first-order valence-electron chi connectivity index (χ1n) is 8.36. The molecule has 0 aliphatic heterocycles. The molecule has 0 saturated heterocycles. The Morgan fingerprint density at radius 2 is 2.08 bits per heavy atom. The molecule has 0 spiro atoms. The molecule has 24 heavy (non-hydrogen) atoms. The number of hydrogen-bond donors (Lipinski definition) is 2. The van der Waals surface area contributed by atoms with E-state index in [1.807, 2.05) is 32.9 Å². The summed E-state index contributed by atoms with van der Waals surface area (Å²) in [5.74, 6) is 0.269. The van der Waals surface area contributed by atoms with Crippen LogP contribution in [0.15, 0.2) is 47.1 Å². The van der Waals surface area contributed by atoms with Gasteiger partial charge in [0.05, 0.1) is 12.3 Å². The maximum absolute atomic E-state index is 12.0. The lowest BCUT2D eigenvalue weighted by atomic mass is 9.85.